The second kappa shape index (κ2) is 7.45. The van der Waals surface area contributed by atoms with E-state index in [-0.39, 0.29) is 5.41 Å². The highest BCUT2D eigenvalue weighted by Crippen LogP contribution is 2.21. The van der Waals surface area contributed by atoms with Crippen LogP contribution in [0.5, 0.6) is 0 Å². The van der Waals surface area contributed by atoms with Crippen LogP contribution in [0, 0.1) is 0 Å². The summed E-state index contributed by atoms with van der Waals surface area (Å²) in [6.45, 7) is 9.73. The van der Waals surface area contributed by atoms with E-state index in [0.717, 1.165) is 38.3 Å². The molecule has 1 aliphatic rings. The fourth-order valence-corrected chi connectivity index (χ4v) is 2.85. The van der Waals surface area contributed by atoms with E-state index in [2.05, 4.69) is 60.1 Å². The van der Waals surface area contributed by atoms with Crippen molar-refractivity contribution in [3.8, 4) is 0 Å². The van der Waals surface area contributed by atoms with Gasteiger partial charge in [-0.05, 0) is 18.4 Å². The fraction of sp³-hybridized carbons (Fsp3) is 0.579. The van der Waals surface area contributed by atoms with Gasteiger partial charge in [0, 0.05) is 18.5 Å². The number of nitrogens with zero attached hydrogens (tertiary/aromatic N) is 3. The fourth-order valence-electron chi connectivity index (χ4n) is 2.85. The van der Waals surface area contributed by atoms with Crippen LogP contribution in [-0.4, -0.2) is 34.2 Å². The normalized spacial score (nSPS) is 17.3. The van der Waals surface area contributed by atoms with E-state index in [1.54, 1.807) is 0 Å². The lowest BCUT2D eigenvalue weighted by molar-refractivity contribution is -0.00446. The van der Waals surface area contributed by atoms with Crippen LogP contribution < -0.4 is 0 Å². The van der Waals surface area contributed by atoms with Crippen molar-refractivity contribution in [1.29, 1.82) is 0 Å². The summed E-state index contributed by atoms with van der Waals surface area (Å²) in [5.41, 5.74) is 1.14. The Bertz CT molecular complexity index is 626. The highest BCUT2D eigenvalue weighted by molar-refractivity contribution is 5.13. The van der Waals surface area contributed by atoms with Crippen LogP contribution in [0.25, 0.3) is 0 Å². The minimum atomic E-state index is -0.0937. The average Bonchev–Trinajstić information content (AvgIpc) is 3.04. The molecule has 0 radical (unpaired) electrons. The predicted octanol–water partition coefficient (Wildman–Crippen LogP) is 3.55. The van der Waals surface area contributed by atoms with Gasteiger partial charge in [0.2, 0.25) is 5.89 Å². The van der Waals surface area contributed by atoms with Crippen molar-refractivity contribution in [2.75, 3.05) is 13.1 Å². The molecule has 0 saturated carbocycles. The number of rotatable bonds is 5. The van der Waals surface area contributed by atoms with Crippen LogP contribution in [0.4, 0.5) is 0 Å². The summed E-state index contributed by atoms with van der Waals surface area (Å²) >= 11 is 0. The van der Waals surface area contributed by atoms with Crippen LogP contribution in [0.2, 0.25) is 0 Å². The maximum absolute atomic E-state index is 6.04. The highest BCUT2D eigenvalue weighted by atomic mass is 16.5. The Hall–Kier alpha value is -1.72. The number of aromatic nitrogens is 2. The van der Waals surface area contributed by atoms with Gasteiger partial charge in [-0.1, -0.05) is 56.3 Å². The quantitative estimate of drug-likeness (QED) is 0.839. The molecule has 0 aliphatic carbocycles. The number of hydrogen-bond acceptors (Lipinski definition) is 5. The van der Waals surface area contributed by atoms with Gasteiger partial charge in [-0.15, -0.1) is 0 Å². The average molecular weight is 329 g/mol. The molecule has 0 unspecified atom stereocenters. The SMILES string of the molecule is CC(C)(C)c1nc(CN2CCC(OCc3ccccc3)CC2)no1. The van der Waals surface area contributed by atoms with Crippen LogP contribution in [0.15, 0.2) is 34.9 Å². The number of benzene rings is 1. The molecule has 0 amide bonds. The van der Waals surface area contributed by atoms with Gasteiger partial charge < -0.3 is 9.26 Å². The standard InChI is InChI=1S/C19H27N3O2/c1-19(2,3)18-20-17(21-24-18)13-22-11-9-16(10-12-22)23-14-15-7-5-4-6-8-15/h4-8,16H,9-14H2,1-3H3. The molecule has 2 aromatic rings. The third kappa shape index (κ3) is 4.65. The molecule has 5 nitrogen and oxygen atoms in total. The zero-order valence-corrected chi connectivity index (χ0v) is 14.9. The third-order valence-electron chi connectivity index (χ3n) is 4.34. The van der Waals surface area contributed by atoms with E-state index >= 15 is 0 Å². The molecule has 130 valence electrons. The van der Waals surface area contributed by atoms with Crippen LogP contribution in [0.3, 0.4) is 0 Å². The monoisotopic (exact) mass is 329 g/mol. The first kappa shape index (κ1) is 17.1. The summed E-state index contributed by atoms with van der Waals surface area (Å²) in [4.78, 5) is 6.89. The summed E-state index contributed by atoms with van der Waals surface area (Å²) in [7, 11) is 0. The Balaban J connectivity index is 1.43. The first-order chi connectivity index (χ1) is 11.5. The molecule has 0 N–H and O–H groups in total. The van der Waals surface area contributed by atoms with Crippen molar-refractivity contribution >= 4 is 0 Å². The Labute approximate surface area is 144 Å². The molecule has 2 heterocycles. The second-order valence-electron chi connectivity index (χ2n) is 7.54. The summed E-state index contributed by atoms with van der Waals surface area (Å²) < 4.78 is 11.4. The number of likely N-dealkylation sites (tertiary alicyclic amines) is 1. The van der Waals surface area contributed by atoms with Gasteiger partial charge in [-0.25, -0.2) is 0 Å². The van der Waals surface area contributed by atoms with Crippen LogP contribution in [0.1, 0.15) is 50.9 Å². The van der Waals surface area contributed by atoms with E-state index in [4.69, 9.17) is 9.26 Å². The van der Waals surface area contributed by atoms with E-state index in [1.807, 2.05) is 6.07 Å². The topological polar surface area (TPSA) is 51.4 Å². The third-order valence-corrected chi connectivity index (χ3v) is 4.34. The van der Waals surface area contributed by atoms with E-state index in [9.17, 15) is 0 Å². The van der Waals surface area contributed by atoms with Crippen molar-refractivity contribution < 1.29 is 9.26 Å². The molecular weight excluding hydrogens is 302 g/mol. The summed E-state index contributed by atoms with van der Waals surface area (Å²) in [5, 5.41) is 4.11. The van der Waals surface area contributed by atoms with E-state index < -0.39 is 0 Å². The van der Waals surface area contributed by atoms with Gasteiger partial charge >= 0.3 is 0 Å². The largest absolute Gasteiger partial charge is 0.373 e. The number of piperidine rings is 1. The minimum absolute atomic E-state index is 0.0937. The van der Waals surface area contributed by atoms with Gasteiger partial charge in [0.1, 0.15) is 0 Å². The smallest absolute Gasteiger partial charge is 0.232 e. The van der Waals surface area contributed by atoms with Gasteiger partial charge in [0.25, 0.3) is 0 Å². The lowest BCUT2D eigenvalue weighted by atomic mass is 9.97. The zero-order chi connectivity index (χ0) is 17.0. The highest BCUT2D eigenvalue weighted by Gasteiger charge is 2.24. The lowest BCUT2D eigenvalue weighted by Crippen LogP contribution is -2.36. The van der Waals surface area contributed by atoms with Crippen molar-refractivity contribution in [1.82, 2.24) is 15.0 Å². The molecule has 0 spiro atoms. The van der Waals surface area contributed by atoms with Crippen molar-refractivity contribution in [3.05, 3.63) is 47.6 Å². The van der Waals surface area contributed by atoms with Gasteiger partial charge in [-0.3, -0.25) is 4.90 Å². The molecule has 1 aliphatic heterocycles. The molecule has 1 aromatic heterocycles. The van der Waals surface area contributed by atoms with Gasteiger partial charge in [0.05, 0.1) is 19.3 Å². The Kier molecular flexibility index (Phi) is 5.31. The maximum atomic E-state index is 6.04. The summed E-state index contributed by atoms with van der Waals surface area (Å²) in [6, 6.07) is 10.4. The first-order valence-electron chi connectivity index (χ1n) is 8.71. The first-order valence-corrected chi connectivity index (χ1v) is 8.71. The molecule has 24 heavy (non-hydrogen) atoms. The van der Waals surface area contributed by atoms with E-state index in [0.29, 0.717) is 18.6 Å². The zero-order valence-electron chi connectivity index (χ0n) is 14.9. The van der Waals surface area contributed by atoms with Gasteiger partial charge in [-0.2, -0.15) is 4.98 Å². The molecule has 1 aromatic carbocycles. The Morgan fingerprint density at radius 1 is 1.17 bits per heavy atom. The van der Waals surface area contributed by atoms with E-state index in [1.165, 1.54) is 5.56 Å². The molecule has 0 bridgehead atoms. The molecule has 1 saturated heterocycles. The van der Waals surface area contributed by atoms with Gasteiger partial charge in [0.15, 0.2) is 5.82 Å². The second-order valence-corrected chi connectivity index (χ2v) is 7.54. The molecule has 3 rings (SSSR count). The van der Waals surface area contributed by atoms with Crippen molar-refractivity contribution in [2.24, 2.45) is 0 Å². The molecule has 5 heteroatoms. The maximum Gasteiger partial charge on any atom is 0.232 e. The molecule has 0 atom stereocenters. The molecular formula is C19H27N3O2. The number of hydrogen-bond donors (Lipinski definition) is 0. The number of ether oxygens (including phenoxy) is 1. The summed E-state index contributed by atoms with van der Waals surface area (Å²) in [6.07, 6.45) is 2.45. The van der Waals surface area contributed by atoms with Crippen molar-refractivity contribution in [2.45, 2.75) is 58.3 Å². The molecule has 1 fully saturated rings. The Morgan fingerprint density at radius 2 is 1.88 bits per heavy atom. The summed E-state index contributed by atoms with van der Waals surface area (Å²) in [5.74, 6) is 1.49. The van der Waals surface area contributed by atoms with Crippen molar-refractivity contribution in [3.63, 3.8) is 0 Å². The van der Waals surface area contributed by atoms with Crippen LogP contribution in [-0.2, 0) is 23.3 Å². The minimum Gasteiger partial charge on any atom is -0.373 e. The lowest BCUT2D eigenvalue weighted by Gasteiger charge is -2.31. The predicted molar refractivity (Wildman–Crippen MR) is 92.5 cm³/mol. The van der Waals surface area contributed by atoms with Crippen LogP contribution >= 0.6 is 0 Å². The Morgan fingerprint density at radius 3 is 2.50 bits per heavy atom.